The molecule has 0 saturated heterocycles. The van der Waals surface area contributed by atoms with Gasteiger partial charge in [0.05, 0.1) is 0 Å². The molecule has 0 heterocycles. The molecule has 1 aromatic carbocycles. The van der Waals surface area contributed by atoms with Gasteiger partial charge in [-0.3, -0.25) is 4.79 Å². The first kappa shape index (κ1) is 28.6. The Labute approximate surface area is 157 Å². The quantitative estimate of drug-likeness (QED) is 0.541. The number of aryl methyl sites for hydroxylation is 2. The topological polar surface area (TPSA) is 17.1 Å². The van der Waals surface area contributed by atoms with Crippen molar-refractivity contribution >= 4 is 5.78 Å². The van der Waals surface area contributed by atoms with Crippen LogP contribution < -0.4 is 0 Å². The molecule has 25 heavy (non-hydrogen) atoms. The number of hydrogen-bond donors (Lipinski definition) is 0. The van der Waals surface area contributed by atoms with E-state index in [1.54, 1.807) is 13.0 Å². The first-order valence-electron chi connectivity index (χ1n) is 9.71. The fourth-order valence-corrected chi connectivity index (χ4v) is 1.55. The Morgan fingerprint density at radius 2 is 1.56 bits per heavy atom. The van der Waals surface area contributed by atoms with Gasteiger partial charge in [-0.1, -0.05) is 92.9 Å². The average Bonchev–Trinajstić information content (AvgIpc) is 2.52. The molecule has 1 aromatic rings. The third-order valence-corrected chi connectivity index (χ3v) is 3.50. The summed E-state index contributed by atoms with van der Waals surface area (Å²) < 4.78 is 12.8. The Bertz CT molecular complexity index is 442. The van der Waals surface area contributed by atoms with E-state index in [0.29, 0.717) is 0 Å². The van der Waals surface area contributed by atoms with Gasteiger partial charge < -0.3 is 0 Å². The number of benzene rings is 1. The standard InChI is InChI=1S/C9H11F.C6H12O.C6H14.C2H6/c1-3-8-6-7(2)4-5-9(8)10;1-5(7)6(2,3)4;1-4-5-6(2)3;1-2/h4-6H,3H2,1-2H3;1-4H3;6H,4-5H2,1-3H3;1-2H3. The number of hydrogen-bond acceptors (Lipinski definition) is 1. The van der Waals surface area contributed by atoms with Gasteiger partial charge in [0.15, 0.2) is 0 Å². The highest BCUT2D eigenvalue weighted by Gasteiger charge is 2.14. The number of Topliss-reactive ketones (excluding diaryl/α,β-unsaturated/α-hetero) is 1. The number of halogens is 1. The van der Waals surface area contributed by atoms with Crippen molar-refractivity contribution in [3.8, 4) is 0 Å². The zero-order valence-corrected chi connectivity index (χ0v) is 18.7. The summed E-state index contributed by atoms with van der Waals surface area (Å²) in [4.78, 5) is 10.5. The molecule has 0 aliphatic rings. The van der Waals surface area contributed by atoms with Crippen LogP contribution in [0.5, 0.6) is 0 Å². The molecular weight excluding hydrogens is 311 g/mol. The fourth-order valence-electron chi connectivity index (χ4n) is 1.55. The molecule has 0 atom stereocenters. The molecule has 148 valence electrons. The highest BCUT2D eigenvalue weighted by atomic mass is 19.1. The lowest BCUT2D eigenvalue weighted by atomic mass is 9.92. The molecule has 2 heteroatoms. The first-order valence-corrected chi connectivity index (χ1v) is 9.71. The predicted molar refractivity (Wildman–Crippen MR) is 112 cm³/mol. The summed E-state index contributed by atoms with van der Waals surface area (Å²) in [5, 5.41) is 0. The Balaban J connectivity index is -0.000000287. The molecule has 0 radical (unpaired) electrons. The highest BCUT2D eigenvalue weighted by molar-refractivity contribution is 5.80. The number of ketones is 1. The van der Waals surface area contributed by atoms with Crippen molar-refractivity contribution in [1.82, 2.24) is 0 Å². The van der Waals surface area contributed by atoms with E-state index < -0.39 is 0 Å². The molecule has 0 amide bonds. The van der Waals surface area contributed by atoms with Gasteiger partial charge in [0.1, 0.15) is 11.6 Å². The molecule has 0 aliphatic carbocycles. The third-order valence-electron chi connectivity index (χ3n) is 3.50. The summed E-state index contributed by atoms with van der Waals surface area (Å²) >= 11 is 0. The van der Waals surface area contributed by atoms with Crippen LogP contribution >= 0.6 is 0 Å². The minimum Gasteiger partial charge on any atom is -0.299 e. The Morgan fingerprint density at radius 3 is 1.76 bits per heavy atom. The third kappa shape index (κ3) is 19.0. The van der Waals surface area contributed by atoms with Gasteiger partial charge in [0.25, 0.3) is 0 Å². The van der Waals surface area contributed by atoms with Crippen molar-refractivity contribution in [3.63, 3.8) is 0 Å². The van der Waals surface area contributed by atoms with Crippen LogP contribution in [0.15, 0.2) is 18.2 Å². The average molecular weight is 355 g/mol. The molecule has 0 unspecified atom stereocenters. The van der Waals surface area contributed by atoms with E-state index in [2.05, 4.69) is 20.8 Å². The van der Waals surface area contributed by atoms with E-state index in [1.807, 2.05) is 54.5 Å². The zero-order chi connectivity index (χ0) is 20.6. The van der Waals surface area contributed by atoms with E-state index in [9.17, 15) is 9.18 Å². The monoisotopic (exact) mass is 354 g/mol. The molecule has 1 rings (SSSR count). The number of carbonyl (C=O) groups is 1. The maximum absolute atomic E-state index is 12.8. The van der Waals surface area contributed by atoms with Crippen LogP contribution in [0.25, 0.3) is 0 Å². The Kier molecular flexibility index (Phi) is 18.7. The van der Waals surface area contributed by atoms with Crippen LogP contribution in [0, 0.1) is 24.1 Å². The van der Waals surface area contributed by atoms with Crippen molar-refractivity contribution in [1.29, 1.82) is 0 Å². The Morgan fingerprint density at radius 1 is 1.12 bits per heavy atom. The van der Waals surface area contributed by atoms with E-state index in [4.69, 9.17) is 0 Å². The Hall–Kier alpha value is -1.18. The van der Waals surface area contributed by atoms with E-state index >= 15 is 0 Å². The molecule has 0 aliphatic heterocycles. The SMILES string of the molecule is CC.CC(=O)C(C)(C)C.CCCC(C)C.CCc1cc(C)ccc1F. The van der Waals surface area contributed by atoms with Gasteiger partial charge in [-0.25, -0.2) is 4.39 Å². The second-order valence-corrected chi connectivity index (χ2v) is 7.44. The smallest absolute Gasteiger partial charge is 0.135 e. The van der Waals surface area contributed by atoms with E-state index in [1.165, 1.54) is 18.9 Å². The second kappa shape index (κ2) is 16.3. The summed E-state index contributed by atoms with van der Waals surface area (Å²) in [6, 6.07) is 5.19. The van der Waals surface area contributed by atoms with Gasteiger partial charge in [-0.05, 0) is 37.8 Å². The molecular formula is C23H43FO. The molecule has 0 N–H and O–H groups in total. The van der Waals surface area contributed by atoms with Gasteiger partial charge in [0, 0.05) is 5.41 Å². The highest BCUT2D eigenvalue weighted by Crippen LogP contribution is 2.12. The van der Waals surface area contributed by atoms with Crippen molar-refractivity contribution in [2.45, 2.75) is 95.4 Å². The van der Waals surface area contributed by atoms with Crippen LogP contribution in [0.2, 0.25) is 0 Å². The molecule has 0 aromatic heterocycles. The first-order chi connectivity index (χ1) is 11.4. The van der Waals surface area contributed by atoms with Gasteiger partial charge in [-0.2, -0.15) is 0 Å². The van der Waals surface area contributed by atoms with E-state index in [-0.39, 0.29) is 17.0 Å². The van der Waals surface area contributed by atoms with Crippen LogP contribution in [0.3, 0.4) is 0 Å². The zero-order valence-electron chi connectivity index (χ0n) is 18.7. The van der Waals surface area contributed by atoms with Crippen molar-refractivity contribution in [2.24, 2.45) is 11.3 Å². The minimum absolute atomic E-state index is 0.0897. The number of rotatable bonds is 3. The summed E-state index contributed by atoms with van der Waals surface area (Å²) in [5.41, 5.74) is 1.79. The van der Waals surface area contributed by atoms with Gasteiger partial charge in [-0.15, -0.1) is 0 Å². The van der Waals surface area contributed by atoms with Gasteiger partial charge in [0.2, 0.25) is 0 Å². The number of carbonyl (C=O) groups excluding carboxylic acids is 1. The van der Waals surface area contributed by atoms with Crippen LogP contribution in [0.1, 0.15) is 93.2 Å². The summed E-state index contributed by atoms with van der Waals surface area (Å²) in [6.07, 6.45) is 3.48. The normalized spacial score (nSPS) is 9.80. The van der Waals surface area contributed by atoms with Crippen LogP contribution in [0.4, 0.5) is 4.39 Å². The van der Waals surface area contributed by atoms with Crippen LogP contribution in [-0.4, -0.2) is 5.78 Å². The van der Waals surface area contributed by atoms with Gasteiger partial charge >= 0.3 is 0 Å². The molecule has 1 nitrogen and oxygen atoms in total. The maximum Gasteiger partial charge on any atom is 0.135 e. The molecule has 0 bridgehead atoms. The fraction of sp³-hybridized carbons (Fsp3) is 0.696. The van der Waals surface area contributed by atoms with Crippen molar-refractivity contribution in [3.05, 3.63) is 35.1 Å². The predicted octanol–water partition coefficient (Wildman–Crippen LogP) is 7.79. The lowest BCUT2D eigenvalue weighted by Gasteiger charge is -2.11. The summed E-state index contributed by atoms with van der Waals surface area (Å²) in [7, 11) is 0. The molecule has 0 fully saturated rings. The van der Waals surface area contributed by atoms with Crippen LogP contribution in [-0.2, 0) is 11.2 Å². The molecule has 0 spiro atoms. The second-order valence-electron chi connectivity index (χ2n) is 7.44. The summed E-state index contributed by atoms with van der Waals surface area (Å²) in [5.74, 6) is 1.05. The lowest BCUT2D eigenvalue weighted by molar-refractivity contribution is -0.124. The van der Waals surface area contributed by atoms with Crippen molar-refractivity contribution < 1.29 is 9.18 Å². The molecule has 0 saturated carbocycles. The largest absolute Gasteiger partial charge is 0.299 e. The van der Waals surface area contributed by atoms with E-state index in [0.717, 1.165) is 23.5 Å². The minimum atomic E-state index is -0.139. The maximum atomic E-state index is 12.8. The summed E-state index contributed by atoms with van der Waals surface area (Å²) in [6.45, 7) is 22.0. The lowest BCUT2D eigenvalue weighted by Crippen LogP contribution is -2.15. The van der Waals surface area contributed by atoms with Crippen molar-refractivity contribution in [2.75, 3.05) is 0 Å².